The number of halogens is 1. The van der Waals surface area contributed by atoms with Gasteiger partial charge in [0, 0.05) is 30.2 Å². The maximum atomic E-state index is 12.0. The number of aliphatic hydroxyl groups excluding tert-OH is 1. The quantitative estimate of drug-likeness (QED) is 0.922. The standard InChI is InChI=1S/C13H13ClN2O2/c1-16(4-5-17)13(18)10-6-9-2-3-11(14)7-12(9)15-8-10/h2-3,6-8,17H,4-5H2,1H3. The second kappa shape index (κ2) is 5.33. The number of hydrogen-bond donors (Lipinski definition) is 1. The van der Waals surface area contributed by atoms with Crippen LogP contribution in [-0.2, 0) is 0 Å². The lowest BCUT2D eigenvalue weighted by molar-refractivity contribution is 0.0767. The van der Waals surface area contributed by atoms with Crippen LogP contribution in [0.15, 0.2) is 30.5 Å². The van der Waals surface area contributed by atoms with Gasteiger partial charge >= 0.3 is 0 Å². The minimum Gasteiger partial charge on any atom is -0.395 e. The van der Waals surface area contributed by atoms with E-state index in [0.717, 1.165) is 10.9 Å². The van der Waals surface area contributed by atoms with Gasteiger partial charge in [0.05, 0.1) is 17.7 Å². The number of rotatable bonds is 3. The van der Waals surface area contributed by atoms with E-state index in [1.807, 2.05) is 6.07 Å². The molecule has 5 heteroatoms. The van der Waals surface area contributed by atoms with Crippen LogP contribution in [0.2, 0.25) is 5.02 Å². The van der Waals surface area contributed by atoms with Crippen molar-refractivity contribution in [2.75, 3.05) is 20.2 Å². The Morgan fingerprint density at radius 3 is 2.94 bits per heavy atom. The van der Waals surface area contributed by atoms with Crippen molar-refractivity contribution in [2.45, 2.75) is 0 Å². The molecule has 0 saturated carbocycles. The smallest absolute Gasteiger partial charge is 0.255 e. The number of hydrogen-bond acceptors (Lipinski definition) is 3. The van der Waals surface area contributed by atoms with Crippen molar-refractivity contribution in [2.24, 2.45) is 0 Å². The van der Waals surface area contributed by atoms with Crippen LogP contribution in [0.4, 0.5) is 0 Å². The Morgan fingerprint density at radius 2 is 2.22 bits per heavy atom. The summed E-state index contributed by atoms with van der Waals surface area (Å²) in [6.45, 7) is 0.246. The highest BCUT2D eigenvalue weighted by atomic mass is 35.5. The number of likely N-dealkylation sites (N-methyl/N-ethyl adjacent to an activating group) is 1. The van der Waals surface area contributed by atoms with Crippen LogP contribution >= 0.6 is 11.6 Å². The lowest BCUT2D eigenvalue weighted by Crippen LogP contribution is -2.29. The molecule has 0 bridgehead atoms. The maximum absolute atomic E-state index is 12.0. The van der Waals surface area contributed by atoms with E-state index in [1.165, 1.54) is 11.1 Å². The van der Waals surface area contributed by atoms with Crippen molar-refractivity contribution in [1.82, 2.24) is 9.88 Å². The first-order valence-electron chi connectivity index (χ1n) is 5.53. The average molecular weight is 265 g/mol. The Labute approximate surface area is 110 Å². The Hall–Kier alpha value is -1.65. The molecule has 0 radical (unpaired) electrons. The van der Waals surface area contributed by atoms with Gasteiger partial charge in [0.25, 0.3) is 5.91 Å². The van der Waals surface area contributed by atoms with Crippen LogP contribution in [0.25, 0.3) is 10.9 Å². The predicted octanol–water partition coefficient (Wildman–Crippen LogP) is 1.95. The summed E-state index contributed by atoms with van der Waals surface area (Å²) in [5.74, 6) is -0.159. The topological polar surface area (TPSA) is 53.4 Å². The summed E-state index contributed by atoms with van der Waals surface area (Å²) < 4.78 is 0. The molecule has 0 fully saturated rings. The van der Waals surface area contributed by atoms with E-state index in [4.69, 9.17) is 16.7 Å². The van der Waals surface area contributed by atoms with Crippen LogP contribution < -0.4 is 0 Å². The van der Waals surface area contributed by atoms with Gasteiger partial charge in [-0.1, -0.05) is 17.7 Å². The molecule has 18 heavy (non-hydrogen) atoms. The average Bonchev–Trinajstić information content (AvgIpc) is 2.37. The van der Waals surface area contributed by atoms with Gasteiger partial charge in [-0.2, -0.15) is 0 Å². The lowest BCUT2D eigenvalue weighted by Gasteiger charge is -2.15. The predicted molar refractivity (Wildman–Crippen MR) is 70.8 cm³/mol. The molecule has 1 amide bonds. The molecule has 1 heterocycles. The van der Waals surface area contributed by atoms with Crippen molar-refractivity contribution < 1.29 is 9.90 Å². The number of aliphatic hydroxyl groups is 1. The summed E-state index contributed by atoms with van der Waals surface area (Å²) >= 11 is 5.87. The van der Waals surface area contributed by atoms with E-state index in [0.29, 0.717) is 17.1 Å². The largest absolute Gasteiger partial charge is 0.395 e. The van der Waals surface area contributed by atoms with Gasteiger partial charge in [-0.05, 0) is 18.2 Å². The zero-order valence-corrected chi connectivity index (χ0v) is 10.7. The van der Waals surface area contributed by atoms with E-state index in [9.17, 15) is 4.79 Å². The lowest BCUT2D eigenvalue weighted by atomic mass is 10.1. The van der Waals surface area contributed by atoms with Gasteiger partial charge in [-0.25, -0.2) is 0 Å². The van der Waals surface area contributed by atoms with Crippen molar-refractivity contribution >= 4 is 28.4 Å². The second-order valence-electron chi connectivity index (χ2n) is 4.01. The van der Waals surface area contributed by atoms with Crippen molar-refractivity contribution in [3.63, 3.8) is 0 Å². The van der Waals surface area contributed by atoms with E-state index in [2.05, 4.69) is 4.98 Å². The van der Waals surface area contributed by atoms with Gasteiger partial charge in [0.1, 0.15) is 0 Å². The molecule has 0 aliphatic rings. The summed E-state index contributed by atoms with van der Waals surface area (Å²) in [5.41, 5.74) is 1.25. The minimum atomic E-state index is -0.159. The molecule has 0 unspecified atom stereocenters. The molecule has 1 aromatic carbocycles. The zero-order valence-electron chi connectivity index (χ0n) is 9.93. The second-order valence-corrected chi connectivity index (χ2v) is 4.45. The number of nitrogens with zero attached hydrogens (tertiary/aromatic N) is 2. The molecule has 0 spiro atoms. The van der Waals surface area contributed by atoms with Crippen LogP contribution in [0.3, 0.4) is 0 Å². The van der Waals surface area contributed by atoms with Crippen LogP contribution in [-0.4, -0.2) is 41.1 Å². The SMILES string of the molecule is CN(CCO)C(=O)c1cnc2cc(Cl)ccc2c1. The number of fused-ring (bicyclic) bond motifs is 1. The van der Waals surface area contributed by atoms with Gasteiger partial charge in [-0.15, -0.1) is 0 Å². The van der Waals surface area contributed by atoms with Gasteiger partial charge < -0.3 is 10.0 Å². The summed E-state index contributed by atoms with van der Waals surface area (Å²) in [4.78, 5) is 17.7. The summed E-state index contributed by atoms with van der Waals surface area (Å²) in [5, 5.41) is 10.3. The Morgan fingerprint density at radius 1 is 1.44 bits per heavy atom. The van der Waals surface area contributed by atoms with E-state index in [1.54, 1.807) is 25.2 Å². The molecule has 1 aromatic heterocycles. The van der Waals surface area contributed by atoms with Gasteiger partial charge in [0.2, 0.25) is 0 Å². The number of aromatic nitrogens is 1. The number of carbonyl (C=O) groups excluding carboxylic acids is 1. The highest BCUT2D eigenvalue weighted by molar-refractivity contribution is 6.31. The molecular weight excluding hydrogens is 252 g/mol. The number of carbonyl (C=O) groups is 1. The van der Waals surface area contributed by atoms with Crippen molar-refractivity contribution in [3.05, 3.63) is 41.0 Å². The van der Waals surface area contributed by atoms with Crippen molar-refractivity contribution in [1.29, 1.82) is 0 Å². The van der Waals surface area contributed by atoms with Crippen molar-refractivity contribution in [3.8, 4) is 0 Å². The molecule has 0 aliphatic carbocycles. The fourth-order valence-corrected chi connectivity index (χ4v) is 1.85. The first-order chi connectivity index (χ1) is 8.61. The Kier molecular flexibility index (Phi) is 3.79. The number of amides is 1. The molecule has 4 nitrogen and oxygen atoms in total. The van der Waals surface area contributed by atoms with Gasteiger partial charge in [-0.3, -0.25) is 9.78 Å². The normalized spacial score (nSPS) is 10.6. The number of pyridine rings is 1. The molecule has 0 aliphatic heterocycles. The molecule has 0 atom stereocenters. The van der Waals surface area contributed by atoms with Crippen LogP contribution in [0.1, 0.15) is 10.4 Å². The first kappa shape index (κ1) is 12.8. The van der Waals surface area contributed by atoms with Crippen LogP contribution in [0, 0.1) is 0 Å². The molecule has 2 rings (SSSR count). The highest BCUT2D eigenvalue weighted by Gasteiger charge is 2.12. The Balaban J connectivity index is 2.35. The first-order valence-corrected chi connectivity index (χ1v) is 5.91. The summed E-state index contributed by atoms with van der Waals surface area (Å²) in [6.07, 6.45) is 1.52. The summed E-state index contributed by atoms with van der Waals surface area (Å²) in [6, 6.07) is 7.11. The van der Waals surface area contributed by atoms with Gasteiger partial charge in [0.15, 0.2) is 0 Å². The molecule has 2 aromatic rings. The molecular formula is C13H13ClN2O2. The highest BCUT2D eigenvalue weighted by Crippen LogP contribution is 2.18. The monoisotopic (exact) mass is 264 g/mol. The Bertz CT molecular complexity index is 586. The maximum Gasteiger partial charge on any atom is 0.255 e. The zero-order chi connectivity index (χ0) is 13.1. The molecule has 0 saturated heterocycles. The fraction of sp³-hybridized carbons (Fsp3) is 0.231. The molecule has 1 N–H and O–H groups in total. The third kappa shape index (κ3) is 2.60. The van der Waals surface area contributed by atoms with E-state index in [-0.39, 0.29) is 12.5 Å². The fourth-order valence-electron chi connectivity index (χ4n) is 1.68. The molecule has 94 valence electrons. The third-order valence-corrected chi connectivity index (χ3v) is 2.91. The summed E-state index contributed by atoms with van der Waals surface area (Å²) in [7, 11) is 1.64. The van der Waals surface area contributed by atoms with E-state index >= 15 is 0 Å². The third-order valence-electron chi connectivity index (χ3n) is 2.68. The number of benzene rings is 1. The van der Waals surface area contributed by atoms with Crippen LogP contribution in [0.5, 0.6) is 0 Å². The minimum absolute atomic E-state index is 0.0567. The van der Waals surface area contributed by atoms with E-state index < -0.39 is 0 Å².